The lowest BCUT2D eigenvalue weighted by atomic mass is 9.93. The summed E-state index contributed by atoms with van der Waals surface area (Å²) >= 11 is 3.46. The van der Waals surface area contributed by atoms with Crippen molar-refractivity contribution in [3.63, 3.8) is 0 Å². The number of aromatic nitrogens is 1. The molecule has 0 aliphatic carbocycles. The fourth-order valence-electron chi connectivity index (χ4n) is 2.90. The fourth-order valence-corrected chi connectivity index (χ4v) is 3.27. The van der Waals surface area contributed by atoms with Crippen LogP contribution in [-0.4, -0.2) is 17.6 Å². The summed E-state index contributed by atoms with van der Waals surface area (Å²) in [5, 5.41) is 0.841. The lowest BCUT2D eigenvalue weighted by Crippen LogP contribution is -2.19. The van der Waals surface area contributed by atoms with Gasteiger partial charge in [-0.05, 0) is 23.8 Å². The van der Waals surface area contributed by atoms with Crippen LogP contribution in [0.5, 0.6) is 0 Å². The summed E-state index contributed by atoms with van der Waals surface area (Å²) in [7, 11) is 0. The molecule has 0 spiro atoms. The molecule has 4 rings (SSSR count). The molecule has 0 atom stereocenters. The minimum atomic E-state index is -0.260. The molecule has 0 bridgehead atoms. The van der Waals surface area contributed by atoms with Crippen LogP contribution in [0, 0.1) is 0 Å². The van der Waals surface area contributed by atoms with Crippen molar-refractivity contribution in [2.24, 2.45) is 0 Å². The molecule has 122 valence electrons. The Balaban J connectivity index is 0.000000815. The quantitative estimate of drug-likeness (QED) is 0.527. The van der Waals surface area contributed by atoms with E-state index in [2.05, 4.69) is 15.9 Å². The van der Waals surface area contributed by atoms with Crippen molar-refractivity contribution in [3.8, 4) is 11.3 Å². The Morgan fingerprint density at radius 3 is 2.58 bits per heavy atom. The highest BCUT2D eigenvalue weighted by atomic mass is 79.9. The summed E-state index contributed by atoms with van der Waals surface area (Å²) in [5.74, 6) is -0.260. The standard InChI is InChI=1S/C18H12BrNO2.C2H6/c19-12-6-7-15-14(10-12)16-13(8-9-22-18(16)21)17(20-15)11-4-2-1-3-5-11;1-2/h1-7,10H,8-9H2;1-2H3. The maximum Gasteiger partial charge on any atom is 0.339 e. The molecular formula is C20H18BrNO2. The van der Waals surface area contributed by atoms with Gasteiger partial charge >= 0.3 is 5.97 Å². The van der Waals surface area contributed by atoms with Crippen molar-refractivity contribution >= 4 is 32.8 Å². The zero-order valence-corrected chi connectivity index (χ0v) is 15.3. The molecule has 1 aliphatic rings. The van der Waals surface area contributed by atoms with E-state index in [1.165, 1.54) is 0 Å². The summed E-state index contributed by atoms with van der Waals surface area (Å²) in [6, 6.07) is 15.8. The van der Waals surface area contributed by atoms with E-state index in [1.807, 2.05) is 62.4 Å². The molecule has 0 N–H and O–H groups in total. The molecule has 1 aromatic heterocycles. The van der Waals surface area contributed by atoms with E-state index in [4.69, 9.17) is 9.72 Å². The highest BCUT2D eigenvalue weighted by molar-refractivity contribution is 9.10. The molecule has 0 unspecified atom stereocenters. The number of fused-ring (bicyclic) bond motifs is 3. The van der Waals surface area contributed by atoms with E-state index >= 15 is 0 Å². The molecule has 0 fully saturated rings. The lowest BCUT2D eigenvalue weighted by molar-refractivity contribution is 0.0483. The van der Waals surface area contributed by atoms with Crippen LogP contribution in [-0.2, 0) is 11.2 Å². The number of hydrogen-bond acceptors (Lipinski definition) is 3. The number of cyclic esters (lactones) is 1. The van der Waals surface area contributed by atoms with E-state index in [9.17, 15) is 4.79 Å². The summed E-state index contributed by atoms with van der Waals surface area (Å²) in [5.41, 5.74) is 4.34. The number of carbonyl (C=O) groups excluding carboxylic acids is 1. The van der Waals surface area contributed by atoms with Gasteiger partial charge in [0.2, 0.25) is 0 Å². The molecule has 0 amide bonds. The number of hydrogen-bond donors (Lipinski definition) is 0. The number of esters is 1. The van der Waals surface area contributed by atoms with E-state index in [0.29, 0.717) is 18.6 Å². The topological polar surface area (TPSA) is 39.2 Å². The number of benzene rings is 2. The van der Waals surface area contributed by atoms with Crippen LogP contribution in [0.3, 0.4) is 0 Å². The molecule has 0 saturated carbocycles. The Hall–Kier alpha value is -2.20. The highest BCUT2D eigenvalue weighted by Gasteiger charge is 2.26. The van der Waals surface area contributed by atoms with Crippen molar-refractivity contribution in [2.75, 3.05) is 6.61 Å². The first kappa shape index (κ1) is 16.7. The van der Waals surface area contributed by atoms with Crippen LogP contribution in [0.25, 0.3) is 22.2 Å². The van der Waals surface area contributed by atoms with Gasteiger partial charge in [0.25, 0.3) is 0 Å². The minimum Gasteiger partial charge on any atom is -0.462 e. The van der Waals surface area contributed by atoms with Gasteiger partial charge in [-0.15, -0.1) is 0 Å². The molecule has 24 heavy (non-hydrogen) atoms. The lowest BCUT2D eigenvalue weighted by Gasteiger charge is -2.20. The zero-order chi connectivity index (χ0) is 17.1. The van der Waals surface area contributed by atoms with Crippen LogP contribution in [0.4, 0.5) is 0 Å². The van der Waals surface area contributed by atoms with E-state index in [-0.39, 0.29) is 5.97 Å². The van der Waals surface area contributed by atoms with E-state index in [0.717, 1.165) is 32.2 Å². The maximum absolute atomic E-state index is 12.3. The highest BCUT2D eigenvalue weighted by Crippen LogP contribution is 2.34. The second-order valence-electron chi connectivity index (χ2n) is 5.23. The van der Waals surface area contributed by atoms with Crippen molar-refractivity contribution in [1.82, 2.24) is 4.98 Å². The summed E-state index contributed by atoms with van der Waals surface area (Å²) in [6.45, 7) is 4.41. The molecule has 4 heteroatoms. The predicted molar refractivity (Wildman–Crippen MR) is 100 cm³/mol. The van der Waals surface area contributed by atoms with Crippen LogP contribution < -0.4 is 0 Å². The van der Waals surface area contributed by atoms with Gasteiger partial charge in [0.05, 0.1) is 23.4 Å². The Labute approximate surface area is 149 Å². The van der Waals surface area contributed by atoms with Gasteiger partial charge in [0.1, 0.15) is 0 Å². The monoisotopic (exact) mass is 383 g/mol. The number of pyridine rings is 1. The Morgan fingerprint density at radius 1 is 1.08 bits per heavy atom. The third kappa shape index (κ3) is 2.94. The van der Waals surface area contributed by atoms with Crippen molar-refractivity contribution in [2.45, 2.75) is 20.3 Å². The van der Waals surface area contributed by atoms with Gasteiger partial charge in [0.15, 0.2) is 0 Å². The van der Waals surface area contributed by atoms with Gasteiger partial charge in [-0.25, -0.2) is 9.78 Å². The maximum atomic E-state index is 12.3. The third-order valence-corrected chi connectivity index (χ3v) is 4.38. The van der Waals surface area contributed by atoms with Gasteiger partial charge < -0.3 is 4.74 Å². The van der Waals surface area contributed by atoms with Crippen LogP contribution in [0.15, 0.2) is 53.0 Å². The van der Waals surface area contributed by atoms with Crippen LogP contribution in [0.1, 0.15) is 29.8 Å². The molecular weight excluding hydrogens is 366 g/mol. The Morgan fingerprint density at radius 2 is 1.83 bits per heavy atom. The second kappa shape index (κ2) is 7.14. The summed E-state index contributed by atoms with van der Waals surface area (Å²) in [4.78, 5) is 17.1. The number of ether oxygens (including phenoxy) is 1. The smallest absolute Gasteiger partial charge is 0.339 e. The van der Waals surface area contributed by atoms with Crippen LogP contribution >= 0.6 is 15.9 Å². The predicted octanol–water partition coefficient (Wildman–Crippen LogP) is 5.40. The Kier molecular flexibility index (Phi) is 4.95. The van der Waals surface area contributed by atoms with Gasteiger partial charge in [-0.3, -0.25) is 0 Å². The number of rotatable bonds is 1. The molecule has 3 nitrogen and oxygen atoms in total. The number of carbonyl (C=O) groups is 1. The summed E-state index contributed by atoms with van der Waals surface area (Å²) in [6.07, 6.45) is 0.695. The van der Waals surface area contributed by atoms with E-state index < -0.39 is 0 Å². The number of nitrogens with zero attached hydrogens (tertiary/aromatic N) is 1. The van der Waals surface area contributed by atoms with Gasteiger partial charge in [-0.1, -0.05) is 60.1 Å². The normalized spacial score (nSPS) is 12.9. The van der Waals surface area contributed by atoms with Crippen molar-refractivity contribution < 1.29 is 9.53 Å². The summed E-state index contributed by atoms with van der Waals surface area (Å²) < 4.78 is 6.19. The molecule has 2 heterocycles. The van der Waals surface area contributed by atoms with Crippen molar-refractivity contribution in [1.29, 1.82) is 0 Å². The number of halogens is 1. The molecule has 0 saturated heterocycles. The third-order valence-electron chi connectivity index (χ3n) is 3.88. The first-order chi connectivity index (χ1) is 11.7. The molecule has 2 aromatic carbocycles. The average molecular weight is 384 g/mol. The van der Waals surface area contributed by atoms with Gasteiger partial charge in [-0.2, -0.15) is 0 Å². The first-order valence-corrected chi connectivity index (χ1v) is 8.88. The van der Waals surface area contributed by atoms with E-state index in [1.54, 1.807) is 0 Å². The van der Waals surface area contributed by atoms with Crippen molar-refractivity contribution in [3.05, 3.63) is 64.1 Å². The molecule has 3 aromatic rings. The minimum absolute atomic E-state index is 0.260. The fraction of sp³-hybridized carbons (Fsp3) is 0.200. The zero-order valence-electron chi connectivity index (χ0n) is 13.7. The van der Waals surface area contributed by atoms with Crippen LogP contribution in [0.2, 0.25) is 0 Å². The SMILES string of the molecule is CC.O=C1OCCc2c(-c3ccccc3)nc3ccc(Br)cc3c21. The molecule has 0 radical (unpaired) electrons. The second-order valence-corrected chi connectivity index (χ2v) is 6.14. The first-order valence-electron chi connectivity index (χ1n) is 8.09. The Bertz CT molecular complexity index is 891. The molecule has 1 aliphatic heterocycles. The largest absolute Gasteiger partial charge is 0.462 e. The average Bonchev–Trinajstić information content (AvgIpc) is 2.63. The van der Waals surface area contributed by atoms with Gasteiger partial charge in [0, 0.05) is 21.8 Å².